The second kappa shape index (κ2) is 7.96. The van der Waals surface area contributed by atoms with E-state index in [4.69, 9.17) is 15.2 Å². The van der Waals surface area contributed by atoms with Gasteiger partial charge in [-0.05, 0) is 31.2 Å². The number of esters is 1. The third kappa shape index (κ3) is 4.51. The third-order valence-corrected chi connectivity index (χ3v) is 1.75. The first-order valence-electron chi connectivity index (χ1n) is 4.88. The summed E-state index contributed by atoms with van der Waals surface area (Å²) in [4.78, 5) is 11.3. The molecule has 0 unspecified atom stereocenters. The van der Waals surface area contributed by atoms with Crippen LogP contribution in [0.1, 0.15) is 17.3 Å². The maximum absolute atomic E-state index is 11.3. The van der Waals surface area contributed by atoms with Gasteiger partial charge >= 0.3 is 5.97 Å². The van der Waals surface area contributed by atoms with Crippen LogP contribution in [-0.4, -0.2) is 25.7 Å². The minimum Gasteiger partial charge on any atom is -0.492 e. The molecule has 0 aliphatic heterocycles. The Morgan fingerprint density at radius 2 is 1.94 bits per heavy atom. The zero-order valence-corrected chi connectivity index (χ0v) is 9.96. The van der Waals surface area contributed by atoms with E-state index in [1.807, 2.05) is 0 Å². The van der Waals surface area contributed by atoms with Gasteiger partial charge in [0, 0.05) is 6.54 Å². The Labute approximate surface area is 101 Å². The zero-order valence-electron chi connectivity index (χ0n) is 9.14. The Hall–Kier alpha value is -1.26. The van der Waals surface area contributed by atoms with Crippen LogP contribution in [0.5, 0.6) is 5.75 Å². The molecule has 0 aromatic heterocycles. The molecule has 5 heteroatoms. The normalized spacial score (nSPS) is 9.12. The molecule has 1 rings (SSSR count). The topological polar surface area (TPSA) is 61.5 Å². The number of ether oxygens (including phenoxy) is 2. The summed E-state index contributed by atoms with van der Waals surface area (Å²) in [5, 5.41) is 0. The van der Waals surface area contributed by atoms with E-state index in [0.29, 0.717) is 31.1 Å². The van der Waals surface area contributed by atoms with Crippen molar-refractivity contribution in [3.63, 3.8) is 0 Å². The fourth-order valence-corrected chi connectivity index (χ4v) is 1.08. The molecule has 1 aromatic rings. The lowest BCUT2D eigenvalue weighted by molar-refractivity contribution is 0.0526. The first-order valence-corrected chi connectivity index (χ1v) is 4.88. The van der Waals surface area contributed by atoms with Crippen molar-refractivity contribution in [2.24, 2.45) is 5.73 Å². The Morgan fingerprint density at radius 1 is 1.31 bits per heavy atom. The first kappa shape index (κ1) is 14.7. The smallest absolute Gasteiger partial charge is 0.338 e. The van der Waals surface area contributed by atoms with Crippen LogP contribution >= 0.6 is 12.4 Å². The van der Waals surface area contributed by atoms with Gasteiger partial charge in [0.1, 0.15) is 12.4 Å². The first-order chi connectivity index (χ1) is 7.27. The minimum absolute atomic E-state index is 0. The largest absolute Gasteiger partial charge is 0.492 e. The summed E-state index contributed by atoms with van der Waals surface area (Å²) in [7, 11) is 0. The van der Waals surface area contributed by atoms with Gasteiger partial charge in [-0.3, -0.25) is 0 Å². The monoisotopic (exact) mass is 245 g/mol. The summed E-state index contributed by atoms with van der Waals surface area (Å²) in [6, 6.07) is 6.79. The number of halogens is 1. The van der Waals surface area contributed by atoms with Gasteiger partial charge in [-0.25, -0.2) is 4.79 Å². The number of hydrogen-bond donors (Lipinski definition) is 1. The summed E-state index contributed by atoms with van der Waals surface area (Å²) in [6.45, 7) is 3.10. The molecule has 1 aromatic carbocycles. The van der Waals surface area contributed by atoms with E-state index in [1.54, 1.807) is 31.2 Å². The Bertz CT molecular complexity index is 314. The third-order valence-electron chi connectivity index (χ3n) is 1.75. The average molecular weight is 246 g/mol. The lowest BCUT2D eigenvalue weighted by Crippen LogP contribution is -2.10. The van der Waals surface area contributed by atoms with Crippen molar-refractivity contribution in [3.8, 4) is 5.75 Å². The molecule has 0 saturated carbocycles. The summed E-state index contributed by atoms with van der Waals surface area (Å²) >= 11 is 0. The molecule has 0 atom stereocenters. The van der Waals surface area contributed by atoms with Crippen molar-refractivity contribution >= 4 is 18.4 Å². The van der Waals surface area contributed by atoms with E-state index < -0.39 is 0 Å². The summed E-state index contributed by atoms with van der Waals surface area (Å²) < 4.78 is 10.1. The van der Waals surface area contributed by atoms with E-state index in [2.05, 4.69) is 0 Å². The van der Waals surface area contributed by atoms with Crippen LogP contribution in [0.15, 0.2) is 24.3 Å². The maximum Gasteiger partial charge on any atom is 0.338 e. The van der Waals surface area contributed by atoms with Crippen LogP contribution < -0.4 is 10.5 Å². The Kier molecular flexibility index (Phi) is 7.33. The van der Waals surface area contributed by atoms with Crippen molar-refractivity contribution in [3.05, 3.63) is 29.8 Å². The Balaban J connectivity index is 0.00000225. The molecule has 0 bridgehead atoms. The average Bonchev–Trinajstić information content (AvgIpc) is 2.27. The predicted molar refractivity (Wildman–Crippen MR) is 64.2 cm³/mol. The van der Waals surface area contributed by atoms with Crippen molar-refractivity contribution in [1.82, 2.24) is 0 Å². The molecule has 0 radical (unpaired) electrons. The van der Waals surface area contributed by atoms with Gasteiger partial charge < -0.3 is 15.2 Å². The van der Waals surface area contributed by atoms with Crippen LogP contribution in [0.3, 0.4) is 0 Å². The van der Waals surface area contributed by atoms with Crippen LogP contribution in [0.25, 0.3) is 0 Å². The standard InChI is InChI=1S/C11H15NO3.ClH/c1-2-14-11(13)9-3-5-10(6-4-9)15-8-7-12;/h3-6H,2,7-8,12H2,1H3;1H. The van der Waals surface area contributed by atoms with E-state index in [-0.39, 0.29) is 18.4 Å². The summed E-state index contributed by atoms with van der Waals surface area (Å²) in [5.41, 5.74) is 5.82. The molecule has 4 nitrogen and oxygen atoms in total. The van der Waals surface area contributed by atoms with E-state index in [1.165, 1.54) is 0 Å². The fraction of sp³-hybridized carbons (Fsp3) is 0.364. The summed E-state index contributed by atoms with van der Waals surface area (Å²) in [6.07, 6.45) is 0. The molecule has 0 aliphatic rings. The van der Waals surface area contributed by atoms with E-state index >= 15 is 0 Å². The summed E-state index contributed by atoms with van der Waals surface area (Å²) in [5.74, 6) is 0.386. The molecular formula is C11H16ClNO3. The lowest BCUT2D eigenvalue weighted by Gasteiger charge is -2.05. The van der Waals surface area contributed by atoms with Crippen molar-refractivity contribution in [2.75, 3.05) is 19.8 Å². The second-order valence-electron chi connectivity index (χ2n) is 2.88. The highest BCUT2D eigenvalue weighted by Gasteiger charge is 2.05. The number of carbonyl (C=O) groups is 1. The molecule has 0 spiro atoms. The number of nitrogens with two attached hydrogens (primary N) is 1. The van der Waals surface area contributed by atoms with Crippen LogP contribution in [0.4, 0.5) is 0 Å². The van der Waals surface area contributed by atoms with Gasteiger partial charge in [0.2, 0.25) is 0 Å². The SMILES string of the molecule is CCOC(=O)c1ccc(OCCN)cc1.Cl. The molecule has 16 heavy (non-hydrogen) atoms. The van der Waals surface area contributed by atoms with Gasteiger partial charge in [-0.2, -0.15) is 0 Å². The Morgan fingerprint density at radius 3 is 2.44 bits per heavy atom. The molecule has 0 heterocycles. The van der Waals surface area contributed by atoms with Crippen molar-refractivity contribution in [1.29, 1.82) is 0 Å². The highest BCUT2D eigenvalue weighted by Crippen LogP contribution is 2.12. The van der Waals surface area contributed by atoms with E-state index in [9.17, 15) is 4.79 Å². The molecule has 0 saturated heterocycles. The molecular weight excluding hydrogens is 230 g/mol. The number of benzene rings is 1. The molecule has 2 N–H and O–H groups in total. The predicted octanol–water partition coefficient (Wildman–Crippen LogP) is 1.62. The van der Waals surface area contributed by atoms with Crippen molar-refractivity contribution in [2.45, 2.75) is 6.92 Å². The minimum atomic E-state index is -0.317. The van der Waals surface area contributed by atoms with Gasteiger partial charge in [-0.15, -0.1) is 12.4 Å². The number of carbonyl (C=O) groups excluding carboxylic acids is 1. The lowest BCUT2D eigenvalue weighted by atomic mass is 10.2. The highest BCUT2D eigenvalue weighted by molar-refractivity contribution is 5.89. The maximum atomic E-state index is 11.3. The number of hydrogen-bond acceptors (Lipinski definition) is 4. The van der Waals surface area contributed by atoms with Gasteiger partial charge in [0.05, 0.1) is 12.2 Å². The van der Waals surface area contributed by atoms with Crippen LogP contribution in [0, 0.1) is 0 Å². The van der Waals surface area contributed by atoms with Crippen molar-refractivity contribution < 1.29 is 14.3 Å². The molecule has 0 aliphatic carbocycles. The number of rotatable bonds is 5. The zero-order chi connectivity index (χ0) is 11.1. The molecule has 90 valence electrons. The van der Waals surface area contributed by atoms with Gasteiger partial charge in [-0.1, -0.05) is 0 Å². The van der Waals surface area contributed by atoms with Crippen LogP contribution in [-0.2, 0) is 4.74 Å². The van der Waals surface area contributed by atoms with Gasteiger partial charge in [0.15, 0.2) is 0 Å². The molecule has 0 amide bonds. The fourth-order valence-electron chi connectivity index (χ4n) is 1.08. The highest BCUT2D eigenvalue weighted by atomic mass is 35.5. The second-order valence-corrected chi connectivity index (χ2v) is 2.88. The van der Waals surface area contributed by atoms with Gasteiger partial charge in [0.25, 0.3) is 0 Å². The quantitative estimate of drug-likeness (QED) is 0.801. The van der Waals surface area contributed by atoms with Crippen LogP contribution in [0.2, 0.25) is 0 Å². The van der Waals surface area contributed by atoms with E-state index in [0.717, 1.165) is 0 Å². The molecule has 0 fully saturated rings.